The summed E-state index contributed by atoms with van der Waals surface area (Å²) in [6.45, 7) is 2.01. The number of Topliss-reactive ketones (excluding diaryl/α,β-unsaturated/α-hetero) is 1. The van der Waals surface area contributed by atoms with Gasteiger partial charge in [0.25, 0.3) is 0 Å². The second kappa shape index (κ2) is 5.02. The first-order valence-electron chi connectivity index (χ1n) is 7.22. The molecule has 0 amide bonds. The van der Waals surface area contributed by atoms with Crippen LogP contribution < -0.4 is 0 Å². The summed E-state index contributed by atoms with van der Waals surface area (Å²) in [7, 11) is 1.72. The Kier molecular flexibility index (Phi) is 3.35. The third-order valence-corrected chi connectivity index (χ3v) is 4.60. The summed E-state index contributed by atoms with van der Waals surface area (Å²) in [6.07, 6.45) is 3.66. The number of fused-ring (bicyclic) bond motifs is 1. The Bertz CT molecular complexity index is 648. The molecule has 2 aromatic rings. The molecule has 104 valence electrons. The van der Waals surface area contributed by atoms with Crippen molar-refractivity contribution < 1.29 is 9.53 Å². The van der Waals surface area contributed by atoms with E-state index in [1.54, 1.807) is 7.11 Å². The van der Waals surface area contributed by atoms with Gasteiger partial charge in [-0.3, -0.25) is 4.79 Å². The van der Waals surface area contributed by atoms with Crippen molar-refractivity contribution in [3.05, 3.63) is 47.5 Å². The van der Waals surface area contributed by atoms with E-state index in [-0.39, 0.29) is 11.4 Å². The predicted octanol–water partition coefficient (Wildman–Crippen LogP) is 4.29. The second-order valence-corrected chi connectivity index (χ2v) is 5.82. The first-order valence-corrected chi connectivity index (χ1v) is 7.22. The Hall–Kier alpha value is -1.67. The summed E-state index contributed by atoms with van der Waals surface area (Å²) in [5, 5.41) is 2.18. The van der Waals surface area contributed by atoms with Gasteiger partial charge in [-0.2, -0.15) is 0 Å². The van der Waals surface area contributed by atoms with Crippen LogP contribution in [0, 0.1) is 6.92 Å². The Morgan fingerprint density at radius 2 is 1.95 bits per heavy atom. The number of ketones is 1. The first-order chi connectivity index (χ1) is 9.65. The minimum absolute atomic E-state index is 0.208. The Morgan fingerprint density at radius 1 is 1.20 bits per heavy atom. The third kappa shape index (κ3) is 2.14. The van der Waals surface area contributed by atoms with Crippen LogP contribution in [0.25, 0.3) is 10.8 Å². The highest BCUT2D eigenvalue weighted by atomic mass is 16.5. The number of hydrogen-bond acceptors (Lipinski definition) is 2. The van der Waals surface area contributed by atoms with Crippen molar-refractivity contribution >= 4 is 16.6 Å². The highest BCUT2D eigenvalue weighted by Gasteiger charge is 2.39. The molecule has 0 aromatic heterocycles. The fourth-order valence-electron chi connectivity index (χ4n) is 3.16. The average Bonchev–Trinajstić information content (AvgIpc) is 2.42. The first kappa shape index (κ1) is 13.3. The van der Waals surface area contributed by atoms with Gasteiger partial charge in [-0.15, -0.1) is 0 Å². The maximum Gasteiger partial charge on any atom is 0.166 e. The summed E-state index contributed by atoms with van der Waals surface area (Å²) < 4.78 is 5.60. The van der Waals surface area contributed by atoms with Crippen molar-refractivity contribution in [3.8, 4) is 0 Å². The molecule has 0 N–H and O–H groups in total. The highest BCUT2D eigenvalue weighted by Crippen LogP contribution is 2.39. The summed E-state index contributed by atoms with van der Waals surface area (Å²) in [5.74, 6) is 0.209. The fourth-order valence-corrected chi connectivity index (χ4v) is 3.16. The van der Waals surface area contributed by atoms with E-state index in [4.69, 9.17) is 4.74 Å². The zero-order valence-electron chi connectivity index (χ0n) is 12.1. The maximum atomic E-state index is 12.8. The van der Waals surface area contributed by atoms with Crippen LogP contribution in [0.5, 0.6) is 0 Å². The molecule has 2 nitrogen and oxygen atoms in total. The average molecular weight is 268 g/mol. The van der Waals surface area contributed by atoms with E-state index in [9.17, 15) is 4.79 Å². The lowest BCUT2D eigenvalue weighted by molar-refractivity contribution is -0.0704. The van der Waals surface area contributed by atoms with Crippen LogP contribution in [-0.2, 0) is 4.74 Å². The molecule has 1 aliphatic carbocycles. The smallest absolute Gasteiger partial charge is 0.166 e. The molecule has 0 bridgehead atoms. The summed E-state index contributed by atoms with van der Waals surface area (Å²) in [4.78, 5) is 12.8. The third-order valence-electron chi connectivity index (χ3n) is 4.60. The maximum absolute atomic E-state index is 12.8. The number of rotatable bonds is 4. The van der Waals surface area contributed by atoms with Gasteiger partial charge in [-0.1, -0.05) is 36.4 Å². The van der Waals surface area contributed by atoms with Gasteiger partial charge in [0, 0.05) is 19.1 Å². The molecule has 1 saturated carbocycles. The summed E-state index contributed by atoms with van der Waals surface area (Å²) in [6, 6.07) is 12.2. The highest BCUT2D eigenvalue weighted by molar-refractivity contribution is 6.09. The normalized spacial score (nSPS) is 16.9. The number of benzene rings is 2. The predicted molar refractivity (Wildman–Crippen MR) is 81.2 cm³/mol. The molecule has 0 saturated heterocycles. The lowest BCUT2D eigenvalue weighted by Crippen LogP contribution is -2.41. The van der Waals surface area contributed by atoms with E-state index in [0.717, 1.165) is 41.2 Å². The van der Waals surface area contributed by atoms with Gasteiger partial charge >= 0.3 is 0 Å². The second-order valence-electron chi connectivity index (χ2n) is 5.82. The van der Waals surface area contributed by atoms with E-state index in [0.29, 0.717) is 6.42 Å². The lowest BCUT2D eigenvalue weighted by Gasteiger charge is -2.40. The molecule has 1 aliphatic rings. The number of hydrogen-bond donors (Lipinski definition) is 0. The van der Waals surface area contributed by atoms with Gasteiger partial charge in [-0.25, -0.2) is 0 Å². The zero-order valence-corrected chi connectivity index (χ0v) is 12.1. The largest absolute Gasteiger partial charge is 0.378 e. The van der Waals surface area contributed by atoms with Crippen LogP contribution in [0.2, 0.25) is 0 Å². The molecule has 0 heterocycles. The quantitative estimate of drug-likeness (QED) is 0.773. The standard InChI is InChI=1S/C18H20O2/c1-13-8-9-14-6-3-4-7-15(14)17(13)16(19)12-18(20-2)10-5-11-18/h3-4,6-9H,5,10-12H2,1-2H3. The Morgan fingerprint density at radius 3 is 2.60 bits per heavy atom. The molecule has 0 spiro atoms. The molecule has 1 fully saturated rings. The van der Waals surface area contributed by atoms with E-state index >= 15 is 0 Å². The molecule has 0 atom stereocenters. The lowest BCUT2D eigenvalue weighted by atomic mass is 9.75. The molecule has 0 unspecified atom stereocenters. The number of carbonyl (C=O) groups excluding carboxylic acids is 1. The molecule has 3 rings (SSSR count). The molecule has 0 aliphatic heterocycles. The number of carbonyl (C=O) groups is 1. The van der Waals surface area contributed by atoms with Crippen LogP contribution in [0.4, 0.5) is 0 Å². The van der Waals surface area contributed by atoms with Crippen molar-refractivity contribution in [3.63, 3.8) is 0 Å². The van der Waals surface area contributed by atoms with Gasteiger partial charge in [0.05, 0.1) is 5.60 Å². The van der Waals surface area contributed by atoms with Crippen molar-refractivity contribution in [1.82, 2.24) is 0 Å². The van der Waals surface area contributed by atoms with Gasteiger partial charge in [0.1, 0.15) is 0 Å². The Labute approximate surface area is 119 Å². The van der Waals surface area contributed by atoms with Crippen LogP contribution in [0.15, 0.2) is 36.4 Å². The van der Waals surface area contributed by atoms with Crippen molar-refractivity contribution in [2.75, 3.05) is 7.11 Å². The minimum Gasteiger partial charge on any atom is -0.378 e. The van der Waals surface area contributed by atoms with E-state index in [1.807, 2.05) is 31.2 Å². The number of aryl methyl sites for hydroxylation is 1. The molecular formula is C18H20O2. The number of methoxy groups -OCH3 is 1. The van der Waals surface area contributed by atoms with Crippen molar-refractivity contribution in [1.29, 1.82) is 0 Å². The van der Waals surface area contributed by atoms with Crippen LogP contribution in [0.1, 0.15) is 41.6 Å². The monoisotopic (exact) mass is 268 g/mol. The minimum atomic E-state index is -0.208. The molecule has 2 heteroatoms. The van der Waals surface area contributed by atoms with Crippen LogP contribution >= 0.6 is 0 Å². The van der Waals surface area contributed by atoms with E-state index in [1.165, 1.54) is 0 Å². The molecular weight excluding hydrogens is 248 g/mol. The van der Waals surface area contributed by atoms with Gasteiger partial charge < -0.3 is 4.74 Å². The van der Waals surface area contributed by atoms with E-state index in [2.05, 4.69) is 12.1 Å². The molecule has 0 radical (unpaired) electrons. The van der Waals surface area contributed by atoms with Gasteiger partial charge in [0.2, 0.25) is 0 Å². The molecule has 20 heavy (non-hydrogen) atoms. The molecule has 2 aromatic carbocycles. The van der Waals surface area contributed by atoms with Gasteiger partial charge in [0.15, 0.2) is 5.78 Å². The van der Waals surface area contributed by atoms with Gasteiger partial charge in [-0.05, 0) is 42.5 Å². The number of ether oxygens (including phenoxy) is 1. The SMILES string of the molecule is COC1(CC(=O)c2c(C)ccc3ccccc23)CCC1. The Balaban J connectivity index is 2.01. The topological polar surface area (TPSA) is 26.3 Å². The zero-order chi connectivity index (χ0) is 14.2. The summed E-state index contributed by atoms with van der Waals surface area (Å²) >= 11 is 0. The van der Waals surface area contributed by atoms with Crippen molar-refractivity contribution in [2.45, 2.75) is 38.2 Å². The summed E-state index contributed by atoms with van der Waals surface area (Å²) in [5.41, 5.74) is 1.71. The van der Waals surface area contributed by atoms with Crippen molar-refractivity contribution in [2.24, 2.45) is 0 Å². The fraction of sp³-hybridized carbons (Fsp3) is 0.389. The van der Waals surface area contributed by atoms with Crippen LogP contribution in [-0.4, -0.2) is 18.5 Å². The van der Waals surface area contributed by atoms with E-state index < -0.39 is 0 Å². The van der Waals surface area contributed by atoms with Crippen LogP contribution in [0.3, 0.4) is 0 Å².